The molecular weight excluding hydrogens is 280 g/mol. The minimum atomic E-state index is -0.0693. The molecule has 3 N–H and O–H groups in total. The molecule has 20 heavy (non-hydrogen) atoms. The zero-order valence-corrected chi connectivity index (χ0v) is 12.4. The molecule has 0 heterocycles. The number of nitrogen functional groups attached to an aromatic ring is 1. The molecule has 0 fully saturated rings. The topological polar surface area (TPSA) is 73.6 Å². The number of benzene rings is 1. The van der Waals surface area contributed by atoms with E-state index in [1.807, 2.05) is 6.92 Å². The maximum atomic E-state index is 11.7. The third kappa shape index (κ3) is 6.75. The van der Waals surface area contributed by atoms with Crippen LogP contribution in [0.2, 0.25) is 5.02 Å². The summed E-state index contributed by atoms with van der Waals surface area (Å²) in [6.07, 6.45) is 1.07. The van der Waals surface area contributed by atoms with Crippen molar-refractivity contribution in [1.29, 1.82) is 0 Å². The molecule has 112 valence electrons. The van der Waals surface area contributed by atoms with E-state index in [2.05, 4.69) is 5.32 Å². The first-order chi connectivity index (χ1) is 9.63. The fraction of sp³-hybridized carbons (Fsp3) is 0.500. The number of ether oxygens (including phenoxy) is 2. The van der Waals surface area contributed by atoms with Crippen LogP contribution in [0.5, 0.6) is 0 Å². The van der Waals surface area contributed by atoms with Gasteiger partial charge in [-0.05, 0) is 31.5 Å². The van der Waals surface area contributed by atoms with Gasteiger partial charge in [0.25, 0.3) is 0 Å². The first kappa shape index (κ1) is 16.8. The van der Waals surface area contributed by atoms with Crippen molar-refractivity contribution in [2.75, 3.05) is 37.5 Å². The third-order valence-electron chi connectivity index (χ3n) is 2.55. The Hall–Kier alpha value is -1.30. The van der Waals surface area contributed by atoms with E-state index in [1.54, 1.807) is 18.2 Å². The van der Waals surface area contributed by atoms with E-state index < -0.39 is 0 Å². The van der Waals surface area contributed by atoms with Crippen LogP contribution in [-0.4, -0.2) is 32.3 Å². The molecule has 0 radical (unpaired) electrons. The van der Waals surface area contributed by atoms with E-state index in [9.17, 15) is 4.79 Å². The van der Waals surface area contributed by atoms with Gasteiger partial charge in [0.15, 0.2) is 0 Å². The average Bonchev–Trinajstić information content (AvgIpc) is 2.42. The summed E-state index contributed by atoms with van der Waals surface area (Å²) in [6, 6.07) is 5.01. The smallest absolute Gasteiger partial charge is 0.224 e. The average molecular weight is 301 g/mol. The molecular formula is C14H21ClN2O3. The van der Waals surface area contributed by atoms with Crippen molar-refractivity contribution < 1.29 is 14.3 Å². The van der Waals surface area contributed by atoms with Gasteiger partial charge in [-0.15, -0.1) is 0 Å². The lowest BCUT2D eigenvalue weighted by Gasteiger charge is -2.07. The summed E-state index contributed by atoms with van der Waals surface area (Å²) in [5.41, 5.74) is 6.76. The van der Waals surface area contributed by atoms with E-state index in [-0.39, 0.29) is 5.91 Å². The number of anilines is 2. The molecule has 0 aliphatic rings. The first-order valence-electron chi connectivity index (χ1n) is 6.64. The number of rotatable bonds is 9. The van der Waals surface area contributed by atoms with Crippen molar-refractivity contribution in [3.05, 3.63) is 23.2 Å². The highest BCUT2D eigenvalue weighted by Gasteiger charge is 2.04. The number of carbonyl (C=O) groups excluding carboxylic acids is 1. The van der Waals surface area contributed by atoms with Crippen LogP contribution >= 0.6 is 11.6 Å². The molecule has 0 spiro atoms. The number of nitrogens with one attached hydrogen (secondary N) is 1. The Balaban J connectivity index is 2.15. The SMILES string of the molecule is CCOCCOCCCC(=O)Nc1ccc(Cl)c(N)c1. The van der Waals surface area contributed by atoms with Gasteiger partial charge in [-0.25, -0.2) is 0 Å². The second kappa shape index (κ2) is 9.58. The fourth-order valence-electron chi connectivity index (χ4n) is 1.54. The third-order valence-corrected chi connectivity index (χ3v) is 2.89. The number of hydrogen-bond acceptors (Lipinski definition) is 4. The highest BCUT2D eigenvalue weighted by Crippen LogP contribution is 2.22. The Morgan fingerprint density at radius 3 is 2.75 bits per heavy atom. The quantitative estimate of drug-likeness (QED) is 0.543. The van der Waals surface area contributed by atoms with Gasteiger partial charge in [-0.1, -0.05) is 11.6 Å². The van der Waals surface area contributed by atoms with Crippen LogP contribution in [0.15, 0.2) is 18.2 Å². The predicted molar refractivity (Wildman–Crippen MR) is 81.0 cm³/mol. The van der Waals surface area contributed by atoms with E-state index in [1.165, 1.54) is 0 Å². The number of halogens is 1. The lowest BCUT2D eigenvalue weighted by Crippen LogP contribution is -2.13. The molecule has 1 amide bonds. The second-order valence-electron chi connectivity index (χ2n) is 4.20. The zero-order valence-electron chi connectivity index (χ0n) is 11.7. The van der Waals surface area contributed by atoms with Gasteiger partial charge < -0.3 is 20.5 Å². The van der Waals surface area contributed by atoms with Crippen LogP contribution in [0.1, 0.15) is 19.8 Å². The molecule has 0 aromatic heterocycles. The monoisotopic (exact) mass is 300 g/mol. The molecule has 6 heteroatoms. The molecule has 1 aromatic carbocycles. The molecule has 0 atom stereocenters. The highest BCUT2D eigenvalue weighted by atomic mass is 35.5. The van der Waals surface area contributed by atoms with Gasteiger partial charge >= 0.3 is 0 Å². The Bertz CT molecular complexity index is 427. The second-order valence-corrected chi connectivity index (χ2v) is 4.60. The van der Waals surface area contributed by atoms with Gasteiger partial charge in [0.05, 0.1) is 23.9 Å². The van der Waals surface area contributed by atoms with E-state index in [0.717, 1.165) is 0 Å². The molecule has 1 aromatic rings. The summed E-state index contributed by atoms with van der Waals surface area (Å²) in [5.74, 6) is -0.0693. The number of carbonyl (C=O) groups is 1. The van der Waals surface area contributed by atoms with Crippen LogP contribution in [-0.2, 0) is 14.3 Å². The van der Waals surface area contributed by atoms with Crippen molar-refractivity contribution in [3.8, 4) is 0 Å². The Morgan fingerprint density at radius 1 is 1.30 bits per heavy atom. The normalized spacial score (nSPS) is 10.5. The Kier molecular flexibility index (Phi) is 8.02. The van der Waals surface area contributed by atoms with Crippen LogP contribution < -0.4 is 11.1 Å². The lowest BCUT2D eigenvalue weighted by atomic mass is 10.2. The number of nitrogens with two attached hydrogens (primary N) is 1. The summed E-state index contributed by atoms with van der Waals surface area (Å²) in [4.78, 5) is 11.7. The van der Waals surface area contributed by atoms with E-state index in [4.69, 9.17) is 26.8 Å². The van der Waals surface area contributed by atoms with Crippen molar-refractivity contribution >= 4 is 28.9 Å². The summed E-state index contributed by atoms with van der Waals surface area (Å²) >= 11 is 5.81. The predicted octanol–water partition coefficient (Wildman–Crippen LogP) is 2.69. The largest absolute Gasteiger partial charge is 0.397 e. The minimum absolute atomic E-state index is 0.0693. The standard InChI is InChI=1S/C14H21ClN2O3/c1-2-19-8-9-20-7-3-4-14(18)17-11-5-6-12(15)13(16)10-11/h5-6,10H,2-4,7-9,16H2,1H3,(H,17,18). The summed E-state index contributed by atoms with van der Waals surface area (Å²) in [6.45, 7) is 4.32. The van der Waals surface area contributed by atoms with Crippen LogP contribution in [0, 0.1) is 0 Å². The van der Waals surface area contributed by atoms with Gasteiger partial charge in [-0.2, -0.15) is 0 Å². The Morgan fingerprint density at radius 2 is 2.05 bits per heavy atom. The number of amides is 1. The van der Waals surface area contributed by atoms with Crippen molar-refractivity contribution in [2.24, 2.45) is 0 Å². The van der Waals surface area contributed by atoms with Gasteiger partial charge in [0.2, 0.25) is 5.91 Å². The molecule has 0 unspecified atom stereocenters. The fourth-order valence-corrected chi connectivity index (χ4v) is 1.66. The molecule has 1 rings (SSSR count). The van der Waals surface area contributed by atoms with Gasteiger partial charge in [0, 0.05) is 25.3 Å². The van der Waals surface area contributed by atoms with Crippen molar-refractivity contribution in [2.45, 2.75) is 19.8 Å². The van der Waals surface area contributed by atoms with Crippen LogP contribution in [0.4, 0.5) is 11.4 Å². The highest BCUT2D eigenvalue weighted by molar-refractivity contribution is 6.33. The summed E-state index contributed by atoms with van der Waals surface area (Å²) in [5, 5.41) is 3.24. The lowest BCUT2D eigenvalue weighted by molar-refractivity contribution is -0.116. The molecule has 0 saturated carbocycles. The van der Waals surface area contributed by atoms with Crippen LogP contribution in [0.25, 0.3) is 0 Å². The molecule has 0 bridgehead atoms. The maximum Gasteiger partial charge on any atom is 0.224 e. The van der Waals surface area contributed by atoms with E-state index >= 15 is 0 Å². The van der Waals surface area contributed by atoms with Gasteiger partial charge in [-0.3, -0.25) is 4.79 Å². The molecule has 0 aliphatic carbocycles. The van der Waals surface area contributed by atoms with E-state index in [0.29, 0.717) is 55.7 Å². The zero-order chi connectivity index (χ0) is 14.8. The Labute approximate surface area is 124 Å². The van der Waals surface area contributed by atoms with Crippen molar-refractivity contribution in [1.82, 2.24) is 0 Å². The van der Waals surface area contributed by atoms with Crippen molar-refractivity contribution in [3.63, 3.8) is 0 Å². The minimum Gasteiger partial charge on any atom is -0.397 e. The molecule has 0 saturated heterocycles. The molecule has 5 nitrogen and oxygen atoms in total. The summed E-state index contributed by atoms with van der Waals surface area (Å²) in [7, 11) is 0. The first-order valence-corrected chi connectivity index (χ1v) is 7.01. The molecule has 0 aliphatic heterocycles. The maximum absolute atomic E-state index is 11.7. The number of hydrogen-bond donors (Lipinski definition) is 2. The van der Waals surface area contributed by atoms with Crippen LogP contribution in [0.3, 0.4) is 0 Å². The summed E-state index contributed by atoms with van der Waals surface area (Å²) < 4.78 is 10.5. The van der Waals surface area contributed by atoms with Gasteiger partial charge in [0.1, 0.15) is 0 Å².